The summed E-state index contributed by atoms with van der Waals surface area (Å²) in [7, 11) is 0. The van der Waals surface area contributed by atoms with E-state index in [2.05, 4.69) is 9.97 Å². The van der Waals surface area contributed by atoms with Crippen molar-refractivity contribution in [3.8, 4) is 11.6 Å². The summed E-state index contributed by atoms with van der Waals surface area (Å²) in [6.07, 6.45) is 1.58. The molecule has 0 aliphatic heterocycles. The highest BCUT2D eigenvalue weighted by Crippen LogP contribution is 2.22. The quantitative estimate of drug-likeness (QED) is 0.642. The first-order chi connectivity index (χ1) is 7.83. The van der Waals surface area contributed by atoms with E-state index in [0.717, 1.165) is 11.1 Å². The van der Waals surface area contributed by atoms with Crippen LogP contribution in [-0.2, 0) is 0 Å². The molecule has 0 fully saturated rings. The third kappa shape index (κ3) is 1.55. The Morgan fingerprint density at radius 3 is 2.69 bits per heavy atom. The van der Waals surface area contributed by atoms with Crippen LogP contribution >= 0.6 is 11.6 Å². The van der Waals surface area contributed by atoms with Gasteiger partial charge in [0.15, 0.2) is 5.58 Å². The molecule has 0 bridgehead atoms. The van der Waals surface area contributed by atoms with Gasteiger partial charge in [0.1, 0.15) is 11.2 Å². The van der Waals surface area contributed by atoms with Crippen LogP contribution in [0.1, 0.15) is 0 Å². The fourth-order valence-corrected chi connectivity index (χ4v) is 1.60. The molecule has 16 heavy (non-hydrogen) atoms. The monoisotopic (exact) mass is 230 g/mol. The van der Waals surface area contributed by atoms with Crippen LogP contribution in [0.4, 0.5) is 0 Å². The molecule has 2 aromatic heterocycles. The number of hydrogen-bond acceptors (Lipinski definition) is 3. The van der Waals surface area contributed by atoms with Crippen molar-refractivity contribution in [3.05, 3.63) is 47.6 Å². The lowest BCUT2D eigenvalue weighted by Gasteiger charge is -1.93. The van der Waals surface area contributed by atoms with E-state index in [0.29, 0.717) is 16.6 Å². The van der Waals surface area contributed by atoms with Crippen molar-refractivity contribution in [3.63, 3.8) is 0 Å². The van der Waals surface area contributed by atoms with Crippen LogP contribution in [0.5, 0.6) is 0 Å². The summed E-state index contributed by atoms with van der Waals surface area (Å²) < 4.78 is 5.58. The Bertz CT molecular complexity index is 598. The van der Waals surface area contributed by atoms with Gasteiger partial charge in [0.2, 0.25) is 5.89 Å². The van der Waals surface area contributed by atoms with Gasteiger partial charge in [0.25, 0.3) is 0 Å². The van der Waals surface area contributed by atoms with E-state index in [1.807, 2.05) is 24.3 Å². The van der Waals surface area contributed by atoms with Crippen LogP contribution in [0, 0.1) is 0 Å². The molecule has 3 nitrogen and oxygen atoms in total. The highest BCUT2D eigenvalue weighted by atomic mass is 35.5. The number of rotatable bonds is 1. The zero-order valence-electron chi connectivity index (χ0n) is 8.22. The maximum Gasteiger partial charge on any atom is 0.246 e. The number of fused-ring (bicyclic) bond motifs is 1. The summed E-state index contributed by atoms with van der Waals surface area (Å²) in [6.45, 7) is 0. The SMILES string of the molecule is Clc1ccc(-c2nc3ccccc3o2)nc1. The van der Waals surface area contributed by atoms with Crippen LogP contribution < -0.4 is 0 Å². The topological polar surface area (TPSA) is 38.9 Å². The number of oxazole rings is 1. The van der Waals surface area contributed by atoms with E-state index < -0.39 is 0 Å². The van der Waals surface area contributed by atoms with E-state index in [4.69, 9.17) is 16.0 Å². The Kier molecular flexibility index (Phi) is 2.11. The van der Waals surface area contributed by atoms with Crippen LogP contribution in [0.3, 0.4) is 0 Å². The maximum absolute atomic E-state index is 5.76. The van der Waals surface area contributed by atoms with E-state index in [-0.39, 0.29) is 0 Å². The summed E-state index contributed by atoms with van der Waals surface area (Å²) in [5.41, 5.74) is 2.27. The Morgan fingerprint density at radius 2 is 1.94 bits per heavy atom. The molecule has 3 aromatic rings. The number of nitrogens with zero attached hydrogens (tertiary/aromatic N) is 2. The highest BCUT2D eigenvalue weighted by Gasteiger charge is 2.08. The Labute approximate surface area is 96.7 Å². The summed E-state index contributed by atoms with van der Waals surface area (Å²) in [5.74, 6) is 0.512. The molecule has 0 N–H and O–H groups in total. The second-order valence-electron chi connectivity index (χ2n) is 3.35. The van der Waals surface area contributed by atoms with Gasteiger partial charge in [-0.15, -0.1) is 0 Å². The third-order valence-electron chi connectivity index (χ3n) is 2.24. The first-order valence-electron chi connectivity index (χ1n) is 4.80. The standard InChI is InChI=1S/C12H7ClN2O/c13-8-5-6-10(14-7-8)12-15-9-3-1-2-4-11(9)16-12/h1-7H. The lowest BCUT2D eigenvalue weighted by Crippen LogP contribution is -1.81. The minimum atomic E-state index is 0.512. The van der Waals surface area contributed by atoms with Crippen molar-refractivity contribution >= 4 is 22.7 Å². The van der Waals surface area contributed by atoms with E-state index in [1.54, 1.807) is 18.3 Å². The number of para-hydroxylation sites is 2. The van der Waals surface area contributed by atoms with E-state index in [1.165, 1.54) is 0 Å². The smallest absolute Gasteiger partial charge is 0.246 e. The van der Waals surface area contributed by atoms with Gasteiger partial charge in [-0.05, 0) is 24.3 Å². The summed E-state index contributed by atoms with van der Waals surface area (Å²) >= 11 is 5.76. The molecule has 78 valence electrons. The fraction of sp³-hybridized carbons (Fsp3) is 0. The molecule has 2 heterocycles. The van der Waals surface area contributed by atoms with Crippen molar-refractivity contribution in [2.45, 2.75) is 0 Å². The minimum absolute atomic E-state index is 0.512. The normalized spacial score (nSPS) is 10.8. The van der Waals surface area contributed by atoms with Gasteiger partial charge in [0.05, 0.1) is 5.02 Å². The minimum Gasteiger partial charge on any atom is -0.435 e. The van der Waals surface area contributed by atoms with Gasteiger partial charge in [-0.3, -0.25) is 0 Å². The molecule has 0 radical (unpaired) electrons. The lowest BCUT2D eigenvalue weighted by molar-refractivity contribution is 0.617. The first kappa shape index (κ1) is 9.36. The van der Waals surface area contributed by atoms with E-state index in [9.17, 15) is 0 Å². The molecule has 0 spiro atoms. The molecular formula is C12H7ClN2O. The molecule has 0 aliphatic carbocycles. The van der Waals surface area contributed by atoms with Gasteiger partial charge in [-0.1, -0.05) is 23.7 Å². The molecule has 4 heteroatoms. The molecule has 0 atom stereocenters. The Morgan fingerprint density at radius 1 is 1.06 bits per heavy atom. The van der Waals surface area contributed by atoms with Gasteiger partial charge in [0, 0.05) is 6.20 Å². The van der Waals surface area contributed by atoms with Crippen LogP contribution in [0.15, 0.2) is 47.0 Å². The Balaban J connectivity index is 2.15. The van der Waals surface area contributed by atoms with Crippen molar-refractivity contribution in [1.29, 1.82) is 0 Å². The third-order valence-corrected chi connectivity index (χ3v) is 2.46. The first-order valence-corrected chi connectivity index (χ1v) is 5.18. The average Bonchev–Trinajstić information content (AvgIpc) is 2.73. The number of halogens is 1. The van der Waals surface area contributed by atoms with Crippen molar-refractivity contribution in [2.75, 3.05) is 0 Å². The van der Waals surface area contributed by atoms with Gasteiger partial charge >= 0.3 is 0 Å². The largest absolute Gasteiger partial charge is 0.435 e. The molecule has 3 rings (SSSR count). The number of pyridine rings is 1. The van der Waals surface area contributed by atoms with Crippen LogP contribution in [-0.4, -0.2) is 9.97 Å². The van der Waals surface area contributed by atoms with Crippen LogP contribution in [0.25, 0.3) is 22.7 Å². The molecule has 0 saturated heterocycles. The highest BCUT2D eigenvalue weighted by molar-refractivity contribution is 6.30. The van der Waals surface area contributed by atoms with Crippen molar-refractivity contribution in [1.82, 2.24) is 9.97 Å². The predicted octanol–water partition coefficient (Wildman–Crippen LogP) is 3.54. The van der Waals surface area contributed by atoms with Gasteiger partial charge in [-0.25, -0.2) is 9.97 Å². The van der Waals surface area contributed by atoms with Crippen molar-refractivity contribution < 1.29 is 4.42 Å². The molecule has 0 unspecified atom stereocenters. The Hall–Kier alpha value is -1.87. The summed E-state index contributed by atoms with van der Waals surface area (Å²) in [4.78, 5) is 8.50. The van der Waals surface area contributed by atoms with Gasteiger partial charge < -0.3 is 4.42 Å². The molecular weight excluding hydrogens is 224 g/mol. The fourth-order valence-electron chi connectivity index (χ4n) is 1.48. The van der Waals surface area contributed by atoms with Crippen molar-refractivity contribution in [2.24, 2.45) is 0 Å². The van der Waals surface area contributed by atoms with E-state index >= 15 is 0 Å². The summed E-state index contributed by atoms with van der Waals surface area (Å²) in [6, 6.07) is 11.2. The number of aromatic nitrogens is 2. The number of hydrogen-bond donors (Lipinski definition) is 0. The zero-order valence-corrected chi connectivity index (χ0v) is 8.98. The molecule has 1 aromatic carbocycles. The summed E-state index contributed by atoms with van der Waals surface area (Å²) in [5, 5.41) is 0.597. The lowest BCUT2D eigenvalue weighted by atomic mass is 10.3. The second kappa shape index (κ2) is 3.61. The molecule has 0 aliphatic rings. The van der Waals surface area contributed by atoms with Crippen LogP contribution in [0.2, 0.25) is 5.02 Å². The molecule has 0 saturated carbocycles. The second-order valence-corrected chi connectivity index (χ2v) is 3.78. The predicted molar refractivity (Wildman–Crippen MR) is 62.3 cm³/mol. The number of benzene rings is 1. The van der Waals surface area contributed by atoms with Gasteiger partial charge in [-0.2, -0.15) is 0 Å². The average molecular weight is 231 g/mol. The zero-order chi connectivity index (χ0) is 11.0. The maximum atomic E-state index is 5.76. The molecule has 0 amide bonds.